The van der Waals surface area contributed by atoms with E-state index in [9.17, 15) is 30.4 Å². The van der Waals surface area contributed by atoms with Gasteiger partial charge in [0.05, 0.1) is 11.0 Å². The molecule has 202 valence electrons. The highest BCUT2D eigenvalue weighted by molar-refractivity contribution is 7.89. The summed E-state index contributed by atoms with van der Waals surface area (Å²) in [5.41, 5.74) is 3.29. The third-order valence-corrected chi connectivity index (χ3v) is 8.46. The molecular weight excluding hydrogens is 529 g/mol. The highest BCUT2D eigenvalue weighted by Gasteiger charge is 2.37. The van der Waals surface area contributed by atoms with Crippen molar-refractivity contribution in [2.45, 2.75) is 55.0 Å². The third-order valence-electron chi connectivity index (χ3n) is 6.92. The molecule has 1 fully saturated rings. The maximum absolute atomic E-state index is 14.1. The van der Waals surface area contributed by atoms with E-state index in [-0.39, 0.29) is 35.5 Å². The van der Waals surface area contributed by atoms with Gasteiger partial charge in [-0.05, 0) is 96.5 Å². The fourth-order valence-electron chi connectivity index (χ4n) is 5.30. The van der Waals surface area contributed by atoms with Crippen LogP contribution in [0.2, 0.25) is 0 Å². The Morgan fingerprint density at radius 1 is 0.868 bits per heavy atom. The van der Waals surface area contributed by atoms with E-state index in [1.165, 1.54) is 24.3 Å². The van der Waals surface area contributed by atoms with Crippen LogP contribution in [0.15, 0.2) is 65.6 Å². The second-order valence-corrected chi connectivity index (χ2v) is 11.1. The molecule has 1 heterocycles. The second kappa shape index (κ2) is 10.3. The van der Waals surface area contributed by atoms with E-state index in [0.717, 1.165) is 46.5 Å². The van der Waals surface area contributed by atoms with Crippen molar-refractivity contribution in [1.29, 1.82) is 0 Å². The number of sulfonamides is 1. The molecule has 0 bridgehead atoms. The van der Waals surface area contributed by atoms with E-state index in [4.69, 9.17) is 4.74 Å². The number of fused-ring (bicyclic) bond motifs is 2. The first-order valence-electron chi connectivity index (χ1n) is 12.0. The Labute approximate surface area is 216 Å². The van der Waals surface area contributed by atoms with Crippen molar-refractivity contribution in [3.63, 3.8) is 0 Å². The number of alkyl halides is 3. The van der Waals surface area contributed by atoms with Crippen LogP contribution in [-0.2, 0) is 27.6 Å². The molecule has 3 aromatic carbocycles. The number of benzene rings is 3. The average Bonchev–Trinajstić information content (AvgIpc) is 2.99. The molecule has 0 amide bonds. The van der Waals surface area contributed by atoms with Crippen LogP contribution >= 0.6 is 0 Å². The number of rotatable bonds is 5. The van der Waals surface area contributed by atoms with Crippen LogP contribution in [0, 0.1) is 11.6 Å². The lowest BCUT2D eigenvalue weighted by Crippen LogP contribution is -2.44. The van der Waals surface area contributed by atoms with Gasteiger partial charge in [0.25, 0.3) is 0 Å². The molecular formula is C27H24F5NO4S. The molecule has 2 atom stereocenters. The number of nitrogens with one attached hydrogen (secondary N) is 1. The Kier molecular flexibility index (Phi) is 7.19. The van der Waals surface area contributed by atoms with Gasteiger partial charge in [0.2, 0.25) is 10.0 Å². The van der Waals surface area contributed by atoms with Gasteiger partial charge in [0, 0.05) is 18.6 Å². The molecule has 1 aliphatic carbocycles. The molecule has 3 aromatic rings. The summed E-state index contributed by atoms with van der Waals surface area (Å²) in [7, 11) is -4.06. The Morgan fingerprint density at radius 3 is 2.00 bits per heavy atom. The third kappa shape index (κ3) is 5.84. The van der Waals surface area contributed by atoms with Gasteiger partial charge < -0.3 is 9.47 Å². The standard InChI is InChI=1S/C27H24F5NO4S/c28-18-3-9-23-16(13-18)1-2-17-14-19(29)4-10-24(17)26(23)25-15-20(11-12-36-25)33-38(34,35)22-7-5-21(6-8-22)37-27(30,31)32/h3-10,13-14,20,25-26,33H,1-2,11-12,15H2/t20-,25+/m0/s1. The SMILES string of the molecule is O=S(=O)(N[C@H]1CCO[C@@H](C2c3ccc(F)cc3CCc3cc(F)ccc32)C1)c1ccc(OC(F)(F)F)cc1. The summed E-state index contributed by atoms with van der Waals surface area (Å²) in [6, 6.07) is 12.5. The van der Waals surface area contributed by atoms with E-state index in [2.05, 4.69) is 9.46 Å². The molecule has 2 aliphatic rings. The molecule has 38 heavy (non-hydrogen) atoms. The Hall–Kier alpha value is -3.02. The first kappa shape index (κ1) is 26.6. The maximum Gasteiger partial charge on any atom is 0.573 e. The van der Waals surface area contributed by atoms with Crippen molar-refractivity contribution in [1.82, 2.24) is 4.72 Å². The van der Waals surface area contributed by atoms with E-state index < -0.39 is 34.3 Å². The van der Waals surface area contributed by atoms with Crippen molar-refractivity contribution < 1.29 is 39.8 Å². The predicted octanol–water partition coefficient (Wildman–Crippen LogP) is 5.62. The number of aryl methyl sites for hydroxylation is 2. The van der Waals surface area contributed by atoms with Gasteiger partial charge in [0.1, 0.15) is 17.4 Å². The molecule has 5 nitrogen and oxygen atoms in total. The summed E-state index contributed by atoms with van der Waals surface area (Å²) >= 11 is 0. The minimum absolute atomic E-state index is 0.203. The van der Waals surface area contributed by atoms with Crippen molar-refractivity contribution in [3.8, 4) is 5.75 Å². The molecule has 0 unspecified atom stereocenters. The van der Waals surface area contributed by atoms with Gasteiger partial charge in [-0.15, -0.1) is 13.2 Å². The van der Waals surface area contributed by atoms with Crippen LogP contribution in [0.25, 0.3) is 0 Å². The minimum atomic E-state index is -4.89. The summed E-state index contributed by atoms with van der Waals surface area (Å²) in [5, 5.41) is 0. The van der Waals surface area contributed by atoms with Crippen molar-refractivity contribution in [2.24, 2.45) is 0 Å². The number of halogens is 5. The molecule has 0 radical (unpaired) electrons. The van der Waals surface area contributed by atoms with Gasteiger partial charge >= 0.3 is 6.36 Å². The molecule has 1 N–H and O–H groups in total. The first-order chi connectivity index (χ1) is 18.0. The molecule has 5 rings (SSSR count). The Balaban J connectivity index is 1.39. The van der Waals surface area contributed by atoms with Crippen LogP contribution in [-0.4, -0.2) is 33.5 Å². The molecule has 0 saturated carbocycles. The van der Waals surface area contributed by atoms with Crippen LogP contribution in [0.3, 0.4) is 0 Å². The Bertz CT molecular complexity index is 1370. The van der Waals surface area contributed by atoms with E-state index in [0.29, 0.717) is 19.3 Å². The van der Waals surface area contributed by atoms with Gasteiger partial charge in [0.15, 0.2) is 0 Å². The Morgan fingerprint density at radius 2 is 1.45 bits per heavy atom. The summed E-state index contributed by atoms with van der Waals surface area (Å²) in [6.45, 7) is 0.250. The zero-order chi connectivity index (χ0) is 27.1. The summed E-state index contributed by atoms with van der Waals surface area (Å²) < 4.78 is 104. The van der Waals surface area contributed by atoms with Crippen molar-refractivity contribution in [2.75, 3.05) is 6.61 Å². The molecule has 0 aromatic heterocycles. The van der Waals surface area contributed by atoms with Crippen molar-refractivity contribution >= 4 is 10.0 Å². The lowest BCUT2D eigenvalue weighted by atomic mass is 9.80. The van der Waals surface area contributed by atoms with Crippen LogP contribution < -0.4 is 9.46 Å². The minimum Gasteiger partial charge on any atom is -0.406 e. The fourth-order valence-corrected chi connectivity index (χ4v) is 6.58. The lowest BCUT2D eigenvalue weighted by Gasteiger charge is -2.36. The van der Waals surface area contributed by atoms with Crippen molar-refractivity contribution in [3.05, 3.63) is 94.6 Å². The second-order valence-electron chi connectivity index (χ2n) is 9.43. The highest BCUT2D eigenvalue weighted by atomic mass is 32.2. The van der Waals surface area contributed by atoms with E-state index in [1.54, 1.807) is 12.1 Å². The van der Waals surface area contributed by atoms with Gasteiger partial charge in [-0.3, -0.25) is 0 Å². The molecule has 11 heteroatoms. The quantitative estimate of drug-likeness (QED) is 0.417. The van der Waals surface area contributed by atoms with E-state index in [1.807, 2.05) is 0 Å². The molecule has 0 spiro atoms. The molecule has 1 aliphatic heterocycles. The van der Waals surface area contributed by atoms with Crippen LogP contribution in [0.5, 0.6) is 5.75 Å². The summed E-state index contributed by atoms with van der Waals surface area (Å²) in [6.07, 6.45) is -3.65. The van der Waals surface area contributed by atoms with Gasteiger partial charge in [-0.25, -0.2) is 21.9 Å². The number of ether oxygens (including phenoxy) is 2. The topological polar surface area (TPSA) is 64.6 Å². The summed E-state index contributed by atoms with van der Waals surface area (Å²) in [4.78, 5) is -0.203. The largest absolute Gasteiger partial charge is 0.573 e. The zero-order valence-corrected chi connectivity index (χ0v) is 20.8. The highest BCUT2D eigenvalue weighted by Crippen LogP contribution is 2.41. The van der Waals surface area contributed by atoms with Crippen LogP contribution in [0.1, 0.15) is 41.0 Å². The summed E-state index contributed by atoms with van der Waals surface area (Å²) in [5.74, 6) is -1.64. The van der Waals surface area contributed by atoms with Crippen LogP contribution in [0.4, 0.5) is 22.0 Å². The number of hydrogen-bond acceptors (Lipinski definition) is 4. The smallest absolute Gasteiger partial charge is 0.406 e. The fraction of sp³-hybridized carbons (Fsp3) is 0.333. The lowest BCUT2D eigenvalue weighted by molar-refractivity contribution is -0.274. The zero-order valence-electron chi connectivity index (χ0n) is 20.0. The maximum atomic E-state index is 14.1. The average molecular weight is 554 g/mol. The predicted molar refractivity (Wildman–Crippen MR) is 128 cm³/mol. The number of hydrogen-bond donors (Lipinski definition) is 1. The van der Waals surface area contributed by atoms with Gasteiger partial charge in [-0.1, -0.05) is 12.1 Å². The molecule has 1 saturated heterocycles. The first-order valence-corrected chi connectivity index (χ1v) is 13.5. The van der Waals surface area contributed by atoms with Gasteiger partial charge in [-0.2, -0.15) is 0 Å². The monoisotopic (exact) mass is 553 g/mol. The van der Waals surface area contributed by atoms with E-state index >= 15 is 0 Å². The normalized spacial score (nSPS) is 20.3.